The van der Waals surface area contributed by atoms with Crippen LogP contribution in [0.1, 0.15) is 18.7 Å². The van der Waals surface area contributed by atoms with Gasteiger partial charge in [0.2, 0.25) is 5.91 Å². The molecule has 5 heteroatoms. The first-order valence-corrected chi connectivity index (χ1v) is 4.57. The third kappa shape index (κ3) is 2.56. The molecule has 0 spiro atoms. The van der Waals surface area contributed by atoms with Crippen LogP contribution in [0.25, 0.3) is 0 Å². The minimum Gasteiger partial charge on any atom is -0.358 e. The zero-order valence-corrected chi connectivity index (χ0v) is 8.74. The lowest BCUT2D eigenvalue weighted by Gasteiger charge is -2.13. The van der Waals surface area contributed by atoms with Crippen LogP contribution in [0.15, 0.2) is 12.3 Å². The van der Waals surface area contributed by atoms with Gasteiger partial charge in [-0.1, -0.05) is 0 Å². The Morgan fingerprint density at radius 2 is 2.43 bits per heavy atom. The molecule has 1 unspecified atom stereocenters. The summed E-state index contributed by atoms with van der Waals surface area (Å²) < 4.78 is 1.79. The SMILES string of the molecule is CNC(=O)CNC(C)c1ccnn1C. The van der Waals surface area contributed by atoms with Crippen molar-refractivity contribution >= 4 is 5.91 Å². The molecule has 0 fully saturated rings. The van der Waals surface area contributed by atoms with Crippen LogP contribution in [0.2, 0.25) is 0 Å². The van der Waals surface area contributed by atoms with E-state index in [4.69, 9.17) is 0 Å². The van der Waals surface area contributed by atoms with Gasteiger partial charge >= 0.3 is 0 Å². The number of likely N-dealkylation sites (N-methyl/N-ethyl adjacent to an activating group) is 1. The highest BCUT2D eigenvalue weighted by molar-refractivity contribution is 5.77. The lowest BCUT2D eigenvalue weighted by atomic mass is 10.2. The molecular formula is C9H16N4O. The Hall–Kier alpha value is -1.36. The van der Waals surface area contributed by atoms with Crippen molar-refractivity contribution in [2.75, 3.05) is 13.6 Å². The second-order valence-electron chi connectivity index (χ2n) is 3.16. The molecule has 1 aromatic rings. The summed E-state index contributed by atoms with van der Waals surface area (Å²) in [6, 6.07) is 2.06. The molecule has 1 rings (SSSR count). The summed E-state index contributed by atoms with van der Waals surface area (Å²) in [7, 11) is 3.51. The third-order valence-corrected chi connectivity index (χ3v) is 2.15. The van der Waals surface area contributed by atoms with Gasteiger partial charge in [-0.3, -0.25) is 9.48 Å². The van der Waals surface area contributed by atoms with Gasteiger partial charge in [-0.15, -0.1) is 0 Å². The number of nitrogens with zero attached hydrogens (tertiary/aromatic N) is 2. The average molecular weight is 196 g/mol. The standard InChI is InChI=1S/C9H16N4O/c1-7(11-6-9(14)10-2)8-4-5-12-13(8)3/h4-5,7,11H,6H2,1-3H3,(H,10,14). The van der Waals surface area contributed by atoms with Gasteiger partial charge in [0.15, 0.2) is 0 Å². The van der Waals surface area contributed by atoms with Gasteiger partial charge in [0.1, 0.15) is 0 Å². The van der Waals surface area contributed by atoms with Crippen LogP contribution < -0.4 is 10.6 Å². The van der Waals surface area contributed by atoms with Gasteiger partial charge in [0.05, 0.1) is 12.2 Å². The fourth-order valence-electron chi connectivity index (χ4n) is 1.25. The Labute approximate surface area is 83.5 Å². The predicted molar refractivity (Wildman–Crippen MR) is 53.7 cm³/mol. The summed E-state index contributed by atoms with van der Waals surface area (Å²) >= 11 is 0. The van der Waals surface area contributed by atoms with Crippen LogP contribution in [0.3, 0.4) is 0 Å². The lowest BCUT2D eigenvalue weighted by molar-refractivity contribution is -0.119. The van der Waals surface area contributed by atoms with Gasteiger partial charge in [0.25, 0.3) is 0 Å². The number of nitrogens with one attached hydrogen (secondary N) is 2. The highest BCUT2D eigenvalue weighted by Crippen LogP contribution is 2.08. The van der Waals surface area contributed by atoms with Gasteiger partial charge < -0.3 is 10.6 Å². The fourth-order valence-corrected chi connectivity index (χ4v) is 1.25. The Morgan fingerprint density at radius 3 is 2.93 bits per heavy atom. The van der Waals surface area contributed by atoms with Crippen LogP contribution >= 0.6 is 0 Å². The first-order valence-electron chi connectivity index (χ1n) is 4.57. The summed E-state index contributed by atoms with van der Waals surface area (Å²) in [5.74, 6) is -0.0148. The molecule has 5 nitrogen and oxygen atoms in total. The van der Waals surface area contributed by atoms with Crippen LogP contribution in [0, 0.1) is 0 Å². The van der Waals surface area contributed by atoms with E-state index in [1.165, 1.54) is 0 Å². The first-order chi connectivity index (χ1) is 6.65. The van der Waals surface area contributed by atoms with E-state index in [0.29, 0.717) is 6.54 Å². The number of carbonyl (C=O) groups excluding carboxylic acids is 1. The Balaban J connectivity index is 2.47. The molecule has 0 aliphatic heterocycles. The lowest BCUT2D eigenvalue weighted by Crippen LogP contribution is -2.33. The van der Waals surface area contributed by atoms with Crippen molar-refractivity contribution in [2.24, 2.45) is 7.05 Å². The van der Waals surface area contributed by atoms with E-state index in [1.807, 2.05) is 20.0 Å². The molecule has 0 saturated carbocycles. The van der Waals surface area contributed by atoms with E-state index in [1.54, 1.807) is 17.9 Å². The van der Waals surface area contributed by atoms with E-state index in [0.717, 1.165) is 5.69 Å². The van der Waals surface area contributed by atoms with Gasteiger partial charge in [-0.25, -0.2) is 0 Å². The van der Waals surface area contributed by atoms with Crippen LogP contribution in [-0.4, -0.2) is 29.3 Å². The van der Waals surface area contributed by atoms with Crippen molar-refractivity contribution < 1.29 is 4.79 Å². The van der Waals surface area contributed by atoms with Gasteiger partial charge in [-0.05, 0) is 13.0 Å². The Bertz CT molecular complexity index is 308. The highest BCUT2D eigenvalue weighted by Gasteiger charge is 2.09. The number of amides is 1. The molecule has 0 radical (unpaired) electrons. The Morgan fingerprint density at radius 1 is 1.71 bits per heavy atom. The molecule has 1 aromatic heterocycles. The number of aryl methyl sites for hydroxylation is 1. The van der Waals surface area contributed by atoms with E-state index < -0.39 is 0 Å². The summed E-state index contributed by atoms with van der Waals surface area (Å²) in [5, 5.41) is 9.72. The van der Waals surface area contributed by atoms with Crippen LogP contribution in [-0.2, 0) is 11.8 Å². The van der Waals surface area contributed by atoms with E-state index in [-0.39, 0.29) is 11.9 Å². The fraction of sp³-hybridized carbons (Fsp3) is 0.556. The van der Waals surface area contributed by atoms with Crippen molar-refractivity contribution in [1.29, 1.82) is 0 Å². The summed E-state index contributed by atoms with van der Waals surface area (Å²) in [6.45, 7) is 2.32. The maximum Gasteiger partial charge on any atom is 0.233 e. The number of aromatic nitrogens is 2. The average Bonchev–Trinajstić information content (AvgIpc) is 2.60. The first kappa shape index (κ1) is 10.7. The number of carbonyl (C=O) groups is 1. The zero-order valence-electron chi connectivity index (χ0n) is 8.74. The summed E-state index contributed by atoms with van der Waals surface area (Å²) in [6.07, 6.45) is 1.74. The van der Waals surface area contributed by atoms with E-state index in [9.17, 15) is 4.79 Å². The molecule has 2 N–H and O–H groups in total. The van der Waals surface area contributed by atoms with Gasteiger partial charge in [0, 0.05) is 26.3 Å². The monoisotopic (exact) mass is 196 g/mol. The second kappa shape index (κ2) is 4.76. The second-order valence-corrected chi connectivity index (χ2v) is 3.16. The van der Waals surface area contributed by atoms with Crippen molar-refractivity contribution in [2.45, 2.75) is 13.0 Å². The van der Waals surface area contributed by atoms with Crippen molar-refractivity contribution in [3.63, 3.8) is 0 Å². The number of rotatable bonds is 4. The normalized spacial score (nSPS) is 12.5. The summed E-state index contributed by atoms with van der Waals surface area (Å²) in [4.78, 5) is 11.0. The minimum absolute atomic E-state index is 0.0148. The quantitative estimate of drug-likeness (QED) is 0.702. The smallest absolute Gasteiger partial charge is 0.233 e. The molecule has 1 atom stereocenters. The predicted octanol–water partition coefficient (Wildman–Crippen LogP) is -0.183. The van der Waals surface area contributed by atoms with E-state index in [2.05, 4.69) is 15.7 Å². The highest BCUT2D eigenvalue weighted by atomic mass is 16.1. The zero-order chi connectivity index (χ0) is 10.6. The van der Waals surface area contributed by atoms with Crippen molar-refractivity contribution in [3.05, 3.63) is 18.0 Å². The molecule has 0 aliphatic rings. The maximum absolute atomic E-state index is 11.0. The largest absolute Gasteiger partial charge is 0.358 e. The summed E-state index contributed by atoms with van der Waals surface area (Å²) in [5.41, 5.74) is 1.06. The van der Waals surface area contributed by atoms with Crippen LogP contribution in [0.4, 0.5) is 0 Å². The number of hydrogen-bond acceptors (Lipinski definition) is 3. The minimum atomic E-state index is -0.0148. The molecule has 14 heavy (non-hydrogen) atoms. The van der Waals surface area contributed by atoms with E-state index >= 15 is 0 Å². The molecule has 0 aromatic carbocycles. The molecule has 1 heterocycles. The molecule has 0 bridgehead atoms. The molecule has 0 aliphatic carbocycles. The molecular weight excluding hydrogens is 180 g/mol. The molecule has 0 saturated heterocycles. The topological polar surface area (TPSA) is 59.0 Å². The van der Waals surface area contributed by atoms with Crippen LogP contribution in [0.5, 0.6) is 0 Å². The number of hydrogen-bond donors (Lipinski definition) is 2. The van der Waals surface area contributed by atoms with Crippen molar-refractivity contribution in [1.82, 2.24) is 20.4 Å². The Kier molecular flexibility index (Phi) is 3.64. The maximum atomic E-state index is 11.0. The van der Waals surface area contributed by atoms with Crippen molar-refractivity contribution in [3.8, 4) is 0 Å². The molecule has 78 valence electrons. The third-order valence-electron chi connectivity index (χ3n) is 2.15. The molecule has 1 amide bonds. The van der Waals surface area contributed by atoms with Gasteiger partial charge in [-0.2, -0.15) is 5.10 Å².